The molecule has 4 heteroatoms. The van der Waals surface area contributed by atoms with Crippen molar-refractivity contribution in [1.29, 1.82) is 0 Å². The van der Waals surface area contributed by atoms with Crippen LogP contribution >= 0.6 is 0 Å². The van der Waals surface area contributed by atoms with Crippen LogP contribution in [0.1, 0.15) is 18.4 Å². The second-order valence-electron chi connectivity index (χ2n) is 2.67. The maximum atomic E-state index is 4.25. The molecule has 0 amide bonds. The van der Waals surface area contributed by atoms with E-state index in [0.717, 1.165) is 17.6 Å². The van der Waals surface area contributed by atoms with Crippen LogP contribution in [0.2, 0.25) is 0 Å². The zero-order valence-corrected chi connectivity index (χ0v) is 10.4. The Morgan fingerprint density at radius 3 is 3.00 bits per heavy atom. The summed E-state index contributed by atoms with van der Waals surface area (Å²) in [6.45, 7) is 5.79. The molecule has 0 spiro atoms. The minimum atomic E-state index is 0. The average molecular weight is 249 g/mol. The summed E-state index contributed by atoms with van der Waals surface area (Å²) in [5.74, 6) is 0.579. The van der Waals surface area contributed by atoms with Crippen LogP contribution in [-0.2, 0) is 39.1 Å². The molecule has 0 aliphatic rings. The summed E-state index contributed by atoms with van der Waals surface area (Å²) in [6.07, 6.45) is 2.82. The van der Waals surface area contributed by atoms with E-state index < -0.39 is 0 Å². The van der Waals surface area contributed by atoms with Gasteiger partial charge in [0.15, 0.2) is 0 Å². The molecule has 3 nitrogen and oxygen atoms in total. The number of hydrogen-bond donors (Lipinski definition) is 0. The summed E-state index contributed by atoms with van der Waals surface area (Å²) in [4.78, 5) is 4.25. The van der Waals surface area contributed by atoms with Gasteiger partial charge in [-0.05, 0) is 18.6 Å². The van der Waals surface area contributed by atoms with Gasteiger partial charge >= 0.3 is 0 Å². The minimum Gasteiger partial charge on any atom is -0.336 e. The van der Waals surface area contributed by atoms with Crippen molar-refractivity contribution < 1.29 is 32.7 Å². The number of aryl methyl sites for hydroxylation is 1. The molecule has 2 heterocycles. The predicted octanol–water partition coefficient (Wildman–Crippen LogP) is 1.47. The van der Waals surface area contributed by atoms with Gasteiger partial charge in [0.25, 0.3) is 0 Å². The molecule has 2 rings (SSSR count). The van der Waals surface area contributed by atoms with Gasteiger partial charge in [0.05, 0.1) is 11.2 Å². The maximum Gasteiger partial charge on any atom is 0.0860 e. The third-order valence-corrected chi connectivity index (χ3v) is 1.85. The summed E-state index contributed by atoms with van der Waals surface area (Å²) in [6, 6.07) is 3.97. The minimum absolute atomic E-state index is 0. The molecule has 0 saturated carbocycles. The molecule has 0 aromatic carbocycles. The van der Waals surface area contributed by atoms with Crippen LogP contribution in [0.5, 0.6) is 0 Å². The molecule has 0 aliphatic carbocycles. The molecule has 1 radical (unpaired) electrons. The molecule has 0 bridgehead atoms. The largest absolute Gasteiger partial charge is 0.336 e. The molecule has 0 fully saturated rings. The van der Waals surface area contributed by atoms with Gasteiger partial charge in [-0.2, -0.15) is 5.10 Å². The normalized spacial score (nSPS) is 9.92. The molecule has 0 N–H and O–H groups in total. The van der Waals surface area contributed by atoms with Crippen molar-refractivity contribution in [2.75, 3.05) is 0 Å². The van der Waals surface area contributed by atoms with Crippen LogP contribution in [0.3, 0.4) is 0 Å². The van der Waals surface area contributed by atoms with Crippen molar-refractivity contribution in [3.63, 3.8) is 0 Å². The van der Waals surface area contributed by atoms with Gasteiger partial charge in [-0.1, -0.05) is 6.92 Å². The van der Waals surface area contributed by atoms with Gasteiger partial charge in [0, 0.05) is 44.7 Å². The Labute approximate surface area is 102 Å². The Morgan fingerprint density at radius 1 is 1.54 bits per heavy atom. The Hall–Kier alpha value is -0.406. The Kier molecular flexibility index (Phi) is 3.45. The van der Waals surface area contributed by atoms with E-state index in [1.165, 1.54) is 0 Å². The van der Waals surface area contributed by atoms with Gasteiger partial charge in [0.2, 0.25) is 0 Å². The first-order chi connectivity index (χ1) is 5.81. The molecule has 0 saturated heterocycles. The first-order valence-corrected chi connectivity index (χ1v) is 3.97. The molecule has 65 valence electrons. The summed E-state index contributed by atoms with van der Waals surface area (Å²) in [5, 5.41) is 4.14. The number of fused-ring (bicyclic) bond motifs is 1. The van der Waals surface area contributed by atoms with Crippen LogP contribution in [0.25, 0.3) is 5.52 Å². The first-order valence-electron chi connectivity index (χ1n) is 3.97. The maximum absolute atomic E-state index is 4.25. The second kappa shape index (κ2) is 4.20. The van der Waals surface area contributed by atoms with Crippen molar-refractivity contribution in [3.8, 4) is 0 Å². The number of aromatic nitrogens is 3. The Bertz CT molecular complexity index is 408. The van der Waals surface area contributed by atoms with Gasteiger partial charge in [-0.15, -0.1) is 0 Å². The SMILES string of the molecule is [CH2-]c1nc(CC)c2cccn2n1.[Y]. The van der Waals surface area contributed by atoms with Crippen molar-refractivity contribution in [2.45, 2.75) is 13.3 Å². The fourth-order valence-electron chi connectivity index (χ4n) is 1.31. The monoisotopic (exact) mass is 249 g/mol. The molecule has 2 aromatic rings. The van der Waals surface area contributed by atoms with E-state index in [9.17, 15) is 0 Å². The molecule has 13 heavy (non-hydrogen) atoms. The molecule has 0 unspecified atom stereocenters. The van der Waals surface area contributed by atoms with Crippen LogP contribution in [0.4, 0.5) is 0 Å². The van der Waals surface area contributed by atoms with E-state index in [1.54, 1.807) is 0 Å². The van der Waals surface area contributed by atoms with Crippen LogP contribution in [-0.4, -0.2) is 14.6 Å². The smallest absolute Gasteiger partial charge is 0.0860 e. The quantitative estimate of drug-likeness (QED) is 0.716. The first kappa shape index (κ1) is 10.7. The zero-order chi connectivity index (χ0) is 8.55. The zero-order valence-electron chi connectivity index (χ0n) is 7.57. The van der Waals surface area contributed by atoms with E-state index in [2.05, 4.69) is 23.9 Å². The average Bonchev–Trinajstić information content (AvgIpc) is 2.50. The number of rotatable bonds is 1. The molecule has 0 atom stereocenters. The van der Waals surface area contributed by atoms with Crippen LogP contribution in [0.15, 0.2) is 18.3 Å². The Balaban J connectivity index is 0.000000845. The third kappa shape index (κ3) is 1.92. The summed E-state index contributed by atoms with van der Waals surface area (Å²) in [5.41, 5.74) is 2.13. The van der Waals surface area contributed by atoms with Crippen LogP contribution < -0.4 is 0 Å². The van der Waals surface area contributed by atoms with Gasteiger partial charge in [-0.3, -0.25) is 4.98 Å². The Morgan fingerprint density at radius 2 is 2.31 bits per heavy atom. The van der Waals surface area contributed by atoms with Crippen molar-refractivity contribution in [3.05, 3.63) is 36.8 Å². The predicted molar refractivity (Wildman–Crippen MR) is 46.8 cm³/mol. The number of nitrogens with zero attached hydrogens (tertiary/aromatic N) is 3. The summed E-state index contributed by atoms with van der Waals surface area (Å²) < 4.78 is 1.81. The fraction of sp³-hybridized carbons (Fsp3) is 0.222. The topological polar surface area (TPSA) is 30.2 Å². The van der Waals surface area contributed by atoms with Crippen molar-refractivity contribution >= 4 is 5.52 Å². The van der Waals surface area contributed by atoms with Crippen LogP contribution in [0, 0.1) is 6.92 Å². The van der Waals surface area contributed by atoms with E-state index in [1.807, 2.05) is 22.8 Å². The number of hydrogen-bond acceptors (Lipinski definition) is 2. The fourth-order valence-corrected chi connectivity index (χ4v) is 1.31. The van der Waals surface area contributed by atoms with Crippen molar-refractivity contribution in [1.82, 2.24) is 14.6 Å². The van der Waals surface area contributed by atoms with Gasteiger partial charge in [-0.25, -0.2) is 4.52 Å². The van der Waals surface area contributed by atoms with E-state index in [0.29, 0.717) is 5.82 Å². The second-order valence-corrected chi connectivity index (χ2v) is 2.67. The van der Waals surface area contributed by atoms with Crippen molar-refractivity contribution in [2.24, 2.45) is 0 Å². The molecular formula is C9H10N3Y-. The summed E-state index contributed by atoms with van der Waals surface area (Å²) in [7, 11) is 0. The van der Waals surface area contributed by atoms with Gasteiger partial charge < -0.3 is 6.92 Å². The molecule has 0 aliphatic heterocycles. The molecular weight excluding hydrogens is 239 g/mol. The van der Waals surface area contributed by atoms with E-state index in [-0.39, 0.29) is 32.7 Å². The molecule has 2 aromatic heterocycles. The third-order valence-electron chi connectivity index (χ3n) is 1.85. The summed E-state index contributed by atoms with van der Waals surface area (Å²) >= 11 is 0. The van der Waals surface area contributed by atoms with E-state index >= 15 is 0 Å². The van der Waals surface area contributed by atoms with Gasteiger partial charge in [0.1, 0.15) is 0 Å². The van der Waals surface area contributed by atoms with E-state index in [4.69, 9.17) is 0 Å². The standard InChI is InChI=1S/C9H10N3.Y/c1-3-8-9-5-4-6-12(9)11-7(2)10-8;/h4-6H,2-3H2,1H3;/q-1;.